The van der Waals surface area contributed by atoms with Crippen molar-refractivity contribution in [3.8, 4) is 0 Å². The molecule has 0 aliphatic carbocycles. The van der Waals surface area contributed by atoms with E-state index in [2.05, 4.69) is 0 Å². The van der Waals surface area contributed by atoms with Crippen molar-refractivity contribution in [3.05, 3.63) is 47.9 Å². The van der Waals surface area contributed by atoms with Crippen LogP contribution >= 0.6 is 0 Å². The second-order valence-corrected chi connectivity index (χ2v) is 3.98. The number of allylic oxidation sites excluding steroid dienone is 1. The molecule has 88 valence electrons. The molecule has 0 amide bonds. The molecule has 0 aliphatic heterocycles. The number of nitrogens with zero attached hydrogens (tertiary/aromatic N) is 1. The molecule has 0 spiro atoms. The summed E-state index contributed by atoms with van der Waals surface area (Å²) in [7, 11) is 0. The van der Waals surface area contributed by atoms with E-state index < -0.39 is 5.97 Å². The molecule has 0 saturated heterocycles. The number of carboxylic acid groups (broad SMARTS) is 1. The first-order chi connectivity index (χ1) is 8.06. The van der Waals surface area contributed by atoms with Crippen LogP contribution in [0, 0.1) is 5.82 Å². The first-order valence-electron chi connectivity index (χ1n) is 5.21. The van der Waals surface area contributed by atoms with Gasteiger partial charge in [-0.15, -0.1) is 0 Å². The van der Waals surface area contributed by atoms with Crippen molar-refractivity contribution >= 4 is 16.9 Å². The van der Waals surface area contributed by atoms with Crippen molar-refractivity contribution in [1.82, 2.24) is 4.57 Å². The smallest absolute Gasteiger partial charge is 0.328 e. The number of aromatic nitrogens is 1. The molecule has 2 rings (SSSR count). The lowest BCUT2D eigenvalue weighted by Gasteiger charge is -2.05. The van der Waals surface area contributed by atoms with Crippen LogP contribution in [0.2, 0.25) is 0 Å². The van der Waals surface area contributed by atoms with Gasteiger partial charge in [0.25, 0.3) is 0 Å². The zero-order valence-electron chi connectivity index (χ0n) is 9.35. The molecule has 0 unspecified atom stereocenters. The van der Waals surface area contributed by atoms with Gasteiger partial charge in [0.1, 0.15) is 5.82 Å². The highest BCUT2D eigenvalue weighted by atomic mass is 19.1. The van der Waals surface area contributed by atoms with Gasteiger partial charge in [0.05, 0.1) is 0 Å². The number of rotatable bonds is 3. The Morgan fingerprint density at radius 2 is 2.24 bits per heavy atom. The minimum Gasteiger partial charge on any atom is -0.478 e. The van der Waals surface area contributed by atoms with Gasteiger partial charge in [-0.25, -0.2) is 9.18 Å². The second-order valence-electron chi connectivity index (χ2n) is 3.98. The molecule has 1 aromatic heterocycles. The summed E-state index contributed by atoms with van der Waals surface area (Å²) in [4.78, 5) is 10.5. The fourth-order valence-corrected chi connectivity index (χ4v) is 1.83. The quantitative estimate of drug-likeness (QED) is 0.828. The molecule has 1 N–H and O–H groups in total. The Labute approximate surface area is 97.8 Å². The molecule has 0 atom stereocenters. The Kier molecular flexibility index (Phi) is 2.95. The lowest BCUT2D eigenvalue weighted by molar-refractivity contribution is -0.131. The Morgan fingerprint density at radius 1 is 1.47 bits per heavy atom. The highest BCUT2D eigenvalue weighted by Gasteiger charge is 2.03. The minimum absolute atomic E-state index is 0.270. The van der Waals surface area contributed by atoms with E-state index in [-0.39, 0.29) is 5.82 Å². The monoisotopic (exact) mass is 233 g/mol. The number of carbonyl (C=O) groups is 1. The van der Waals surface area contributed by atoms with E-state index in [0.29, 0.717) is 6.54 Å². The summed E-state index contributed by atoms with van der Waals surface area (Å²) in [6, 6.07) is 6.36. The molecular weight excluding hydrogens is 221 g/mol. The predicted molar refractivity (Wildman–Crippen MR) is 63.3 cm³/mol. The van der Waals surface area contributed by atoms with Crippen LogP contribution in [0.1, 0.15) is 6.92 Å². The average molecular weight is 233 g/mol. The van der Waals surface area contributed by atoms with E-state index in [0.717, 1.165) is 16.5 Å². The van der Waals surface area contributed by atoms with Gasteiger partial charge in [-0.1, -0.05) is 0 Å². The van der Waals surface area contributed by atoms with Gasteiger partial charge in [0.2, 0.25) is 0 Å². The number of hydrogen-bond acceptors (Lipinski definition) is 1. The molecule has 1 aromatic carbocycles. The Balaban J connectivity index is 2.34. The number of fused-ring (bicyclic) bond motifs is 1. The summed E-state index contributed by atoms with van der Waals surface area (Å²) in [5.41, 5.74) is 1.63. The zero-order chi connectivity index (χ0) is 12.4. The van der Waals surface area contributed by atoms with Gasteiger partial charge in [-0.3, -0.25) is 0 Å². The third-order valence-corrected chi connectivity index (χ3v) is 2.52. The molecule has 17 heavy (non-hydrogen) atoms. The van der Waals surface area contributed by atoms with Crippen LogP contribution in [0.3, 0.4) is 0 Å². The molecule has 3 nitrogen and oxygen atoms in total. The maximum atomic E-state index is 13.0. The summed E-state index contributed by atoms with van der Waals surface area (Å²) in [6.07, 6.45) is 3.00. The lowest BCUT2D eigenvalue weighted by atomic mass is 10.2. The summed E-state index contributed by atoms with van der Waals surface area (Å²) in [5.74, 6) is -1.22. The third-order valence-electron chi connectivity index (χ3n) is 2.52. The molecule has 1 heterocycles. The van der Waals surface area contributed by atoms with E-state index in [1.807, 2.05) is 16.8 Å². The van der Waals surface area contributed by atoms with E-state index >= 15 is 0 Å². The molecule has 0 aliphatic rings. The maximum absolute atomic E-state index is 13.0. The third kappa shape index (κ3) is 2.53. The number of carboxylic acids is 1. The van der Waals surface area contributed by atoms with Gasteiger partial charge in [-0.2, -0.15) is 0 Å². The van der Waals surface area contributed by atoms with E-state index in [4.69, 9.17) is 5.11 Å². The number of halogens is 1. The van der Waals surface area contributed by atoms with Crippen molar-refractivity contribution in [1.29, 1.82) is 0 Å². The standard InChI is InChI=1S/C13H12FNO2/c1-9(6-13(16)17)8-15-5-4-10-7-11(14)2-3-12(10)15/h2-7H,8H2,1H3,(H,16,17). The van der Waals surface area contributed by atoms with Gasteiger partial charge >= 0.3 is 5.97 Å². The van der Waals surface area contributed by atoms with Crippen LogP contribution in [0.4, 0.5) is 4.39 Å². The number of hydrogen-bond donors (Lipinski definition) is 1. The SMILES string of the molecule is CC(=CC(=O)O)Cn1ccc2cc(F)ccc21. The summed E-state index contributed by atoms with van der Waals surface area (Å²) in [5, 5.41) is 9.44. The fraction of sp³-hybridized carbons (Fsp3) is 0.154. The van der Waals surface area contributed by atoms with Crippen molar-refractivity contribution in [2.24, 2.45) is 0 Å². The van der Waals surface area contributed by atoms with Crippen LogP contribution in [0.15, 0.2) is 42.1 Å². The normalized spacial score (nSPS) is 12.0. The van der Waals surface area contributed by atoms with Crippen molar-refractivity contribution < 1.29 is 14.3 Å². The largest absolute Gasteiger partial charge is 0.478 e. The van der Waals surface area contributed by atoms with Crippen LogP contribution in [-0.2, 0) is 11.3 Å². The summed E-state index contributed by atoms with van der Waals surface area (Å²) in [6.45, 7) is 2.24. The second kappa shape index (κ2) is 4.41. The fourth-order valence-electron chi connectivity index (χ4n) is 1.83. The highest BCUT2D eigenvalue weighted by Crippen LogP contribution is 2.18. The highest BCUT2D eigenvalue weighted by molar-refractivity contribution is 5.81. The number of benzene rings is 1. The van der Waals surface area contributed by atoms with Gasteiger partial charge in [-0.05, 0) is 36.8 Å². The lowest BCUT2D eigenvalue weighted by Crippen LogP contribution is -1.99. The molecule has 4 heteroatoms. The van der Waals surface area contributed by atoms with E-state index in [9.17, 15) is 9.18 Å². The Hall–Kier alpha value is -2.10. The molecule has 0 radical (unpaired) electrons. The van der Waals surface area contributed by atoms with E-state index in [1.165, 1.54) is 18.2 Å². The van der Waals surface area contributed by atoms with Crippen LogP contribution in [-0.4, -0.2) is 15.6 Å². The van der Waals surface area contributed by atoms with Crippen molar-refractivity contribution in [3.63, 3.8) is 0 Å². The first kappa shape index (κ1) is 11.4. The van der Waals surface area contributed by atoms with E-state index in [1.54, 1.807) is 13.0 Å². The summed E-state index contributed by atoms with van der Waals surface area (Å²) < 4.78 is 14.9. The van der Waals surface area contributed by atoms with Crippen molar-refractivity contribution in [2.45, 2.75) is 13.5 Å². The van der Waals surface area contributed by atoms with Gasteiger partial charge in [0, 0.05) is 29.7 Å². The van der Waals surface area contributed by atoms with Crippen LogP contribution in [0.25, 0.3) is 10.9 Å². The van der Waals surface area contributed by atoms with Gasteiger partial charge in [0.15, 0.2) is 0 Å². The summed E-state index contributed by atoms with van der Waals surface area (Å²) >= 11 is 0. The first-order valence-corrected chi connectivity index (χ1v) is 5.21. The number of aliphatic carboxylic acids is 1. The molecule has 0 fully saturated rings. The zero-order valence-corrected chi connectivity index (χ0v) is 9.35. The Bertz CT molecular complexity index is 598. The molecular formula is C13H12FNO2. The van der Waals surface area contributed by atoms with Crippen molar-refractivity contribution in [2.75, 3.05) is 0 Å². The maximum Gasteiger partial charge on any atom is 0.328 e. The predicted octanol–water partition coefficient (Wildman–Crippen LogP) is 2.81. The average Bonchev–Trinajstić information content (AvgIpc) is 2.59. The molecule has 2 aromatic rings. The van der Waals surface area contributed by atoms with Crippen LogP contribution in [0.5, 0.6) is 0 Å². The molecule has 0 saturated carbocycles. The topological polar surface area (TPSA) is 42.2 Å². The minimum atomic E-state index is -0.954. The molecule has 0 bridgehead atoms. The van der Waals surface area contributed by atoms with Crippen LogP contribution < -0.4 is 0 Å². The Morgan fingerprint density at radius 3 is 2.94 bits per heavy atom. The van der Waals surface area contributed by atoms with Gasteiger partial charge < -0.3 is 9.67 Å².